The minimum Gasteiger partial charge on any atom is -0.478 e. The molecule has 140 valence electrons. The predicted octanol–water partition coefficient (Wildman–Crippen LogP) is 6.46. The van der Waals surface area contributed by atoms with Crippen LogP contribution in [-0.4, -0.2) is 15.6 Å². The zero-order chi connectivity index (χ0) is 20.0. The van der Waals surface area contributed by atoms with Crippen molar-refractivity contribution < 1.29 is 9.90 Å². The van der Waals surface area contributed by atoms with Crippen molar-refractivity contribution in [2.75, 3.05) is 0 Å². The van der Waals surface area contributed by atoms with Crippen molar-refractivity contribution in [3.8, 4) is 16.9 Å². The fraction of sp³-hybridized carbons (Fsp3) is 0.0385. The smallest absolute Gasteiger partial charge is 0.335 e. The number of carboxylic acid groups (broad SMARTS) is 1. The Balaban J connectivity index is 1.88. The van der Waals surface area contributed by atoms with Gasteiger partial charge in [-0.3, -0.25) is 0 Å². The van der Waals surface area contributed by atoms with Gasteiger partial charge in [0.1, 0.15) is 0 Å². The number of benzene rings is 4. The standard InChI is InChI=1S/C26H19NO2/c1-17-9-11-19(12-10-17)25-16-23-22-8-3-2-5-18(22)13-14-24(23)27(25)21-7-4-6-20(15-21)26(28)29/h2-16H,1H3,(H,28,29). The summed E-state index contributed by atoms with van der Waals surface area (Å²) < 4.78 is 2.15. The van der Waals surface area contributed by atoms with Gasteiger partial charge in [-0.1, -0.05) is 66.2 Å². The molecule has 3 heteroatoms. The first kappa shape index (κ1) is 17.3. The Bertz CT molecular complexity index is 1380. The molecule has 5 aromatic rings. The molecule has 1 aromatic heterocycles. The van der Waals surface area contributed by atoms with Crippen molar-refractivity contribution in [1.29, 1.82) is 0 Å². The van der Waals surface area contributed by atoms with E-state index < -0.39 is 5.97 Å². The van der Waals surface area contributed by atoms with E-state index in [0.29, 0.717) is 0 Å². The largest absolute Gasteiger partial charge is 0.478 e. The summed E-state index contributed by atoms with van der Waals surface area (Å²) in [6, 6.07) is 30.3. The highest BCUT2D eigenvalue weighted by molar-refractivity contribution is 6.09. The van der Waals surface area contributed by atoms with Gasteiger partial charge in [0.2, 0.25) is 0 Å². The summed E-state index contributed by atoms with van der Waals surface area (Å²) in [4.78, 5) is 11.5. The molecule has 0 aliphatic rings. The van der Waals surface area contributed by atoms with Gasteiger partial charge in [0.15, 0.2) is 0 Å². The van der Waals surface area contributed by atoms with E-state index in [9.17, 15) is 9.90 Å². The lowest BCUT2D eigenvalue weighted by Gasteiger charge is -2.12. The van der Waals surface area contributed by atoms with Gasteiger partial charge < -0.3 is 9.67 Å². The van der Waals surface area contributed by atoms with Crippen LogP contribution in [0.5, 0.6) is 0 Å². The molecule has 3 nitrogen and oxygen atoms in total. The van der Waals surface area contributed by atoms with Gasteiger partial charge >= 0.3 is 5.97 Å². The van der Waals surface area contributed by atoms with Gasteiger partial charge in [-0.25, -0.2) is 4.79 Å². The van der Waals surface area contributed by atoms with Crippen LogP contribution >= 0.6 is 0 Å². The maximum absolute atomic E-state index is 11.5. The Labute approximate surface area is 168 Å². The number of rotatable bonds is 3. The van der Waals surface area contributed by atoms with E-state index in [2.05, 4.69) is 72.2 Å². The van der Waals surface area contributed by atoms with E-state index in [-0.39, 0.29) is 5.56 Å². The highest BCUT2D eigenvalue weighted by Gasteiger charge is 2.15. The number of aromatic carboxylic acids is 1. The Morgan fingerprint density at radius 1 is 0.793 bits per heavy atom. The van der Waals surface area contributed by atoms with E-state index in [1.807, 2.05) is 12.1 Å². The molecule has 0 atom stereocenters. The molecule has 4 aromatic carbocycles. The molecule has 0 fully saturated rings. The Hall–Kier alpha value is -3.85. The molecule has 0 aliphatic heterocycles. The maximum Gasteiger partial charge on any atom is 0.335 e. The summed E-state index contributed by atoms with van der Waals surface area (Å²) in [5.41, 5.74) is 5.51. The fourth-order valence-corrected chi connectivity index (χ4v) is 3.95. The third-order valence-electron chi connectivity index (χ3n) is 5.41. The van der Waals surface area contributed by atoms with Crippen LogP contribution in [0.1, 0.15) is 15.9 Å². The molecule has 1 heterocycles. The molecular weight excluding hydrogens is 358 g/mol. The van der Waals surface area contributed by atoms with Crippen LogP contribution in [0.3, 0.4) is 0 Å². The molecule has 1 N–H and O–H groups in total. The van der Waals surface area contributed by atoms with E-state index in [1.54, 1.807) is 18.2 Å². The Kier molecular flexibility index (Phi) is 3.95. The van der Waals surface area contributed by atoms with Gasteiger partial charge in [0.25, 0.3) is 0 Å². The van der Waals surface area contributed by atoms with E-state index in [1.165, 1.54) is 16.3 Å². The van der Waals surface area contributed by atoms with Gasteiger partial charge in [-0.05, 0) is 53.6 Å². The second kappa shape index (κ2) is 6.64. The second-order valence-electron chi connectivity index (χ2n) is 7.31. The molecular formula is C26H19NO2. The molecule has 0 unspecified atom stereocenters. The molecule has 0 spiro atoms. The van der Waals surface area contributed by atoms with E-state index >= 15 is 0 Å². The average Bonchev–Trinajstić information content (AvgIpc) is 3.14. The number of aromatic nitrogens is 1. The number of fused-ring (bicyclic) bond motifs is 3. The lowest BCUT2D eigenvalue weighted by atomic mass is 10.1. The molecule has 0 amide bonds. The molecule has 29 heavy (non-hydrogen) atoms. The quantitative estimate of drug-likeness (QED) is 0.392. The summed E-state index contributed by atoms with van der Waals surface area (Å²) in [6.07, 6.45) is 0. The highest BCUT2D eigenvalue weighted by atomic mass is 16.4. The van der Waals surface area contributed by atoms with Gasteiger partial charge in [0.05, 0.1) is 16.8 Å². The van der Waals surface area contributed by atoms with Crippen molar-refractivity contribution >= 4 is 27.6 Å². The van der Waals surface area contributed by atoms with Crippen molar-refractivity contribution in [3.63, 3.8) is 0 Å². The predicted molar refractivity (Wildman–Crippen MR) is 118 cm³/mol. The van der Waals surface area contributed by atoms with Crippen LogP contribution in [0.2, 0.25) is 0 Å². The Morgan fingerprint density at radius 3 is 2.38 bits per heavy atom. The van der Waals surface area contributed by atoms with Crippen molar-refractivity contribution in [1.82, 2.24) is 4.57 Å². The molecule has 0 aliphatic carbocycles. The van der Waals surface area contributed by atoms with E-state index in [0.717, 1.165) is 27.8 Å². The normalized spacial score (nSPS) is 11.2. The number of hydrogen-bond donors (Lipinski definition) is 1. The lowest BCUT2D eigenvalue weighted by Crippen LogP contribution is -2.01. The topological polar surface area (TPSA) is 42.2 Å². The highest BCUT2D eigenvalue weighted by Crippen LogP contribution is 2.35. The third kappa shape index (κ3) is 2.88. The molecule has 5 rings (SSSR count). The number of nitrogens with zero attached hydrogens (tertiary/aromatic N) is 1. The zero-order valence-corrected chi connectivity index (χ0v) is 16.0. The summed E-state index contributed by atoms with van der Waals surface area (Å²) in [6.45, 7) is 2.07. The molecule has 0 saturated carbocycles. The first-order chi connectivity index (χ1) is 14.1. The zero-order valence-electron chi connectivity index (χ0n) is 16.0. The van der Waals surface area contributed by atoms with Crippen LogP contribution in [0.15, 0.2) is 91.0 Å². The van der Waals surface area contributed by atoms with Gasteiger partial charge in [-0.15, -0.1) is 0 Å². The SMILES string of the molecule is Cc1ccc(-c2cc3c4ccccc4ccc3n2-c2cccc(C(=O)O)c2)cc1. The Morgan fingerprint density at radius 2 is 1.59 bits per heavy atom. The summed E-state index contributed by atoms with van der Waals surface area (Å²) in [5, 5.41) is 13.0. The molecule has 0 bridgehead atoms. The van der Waals surface area contributed by atoms with Crippen LogP contribution < -0.4 is 0 Å². The number of aryl methyl sites for hydroxylation is 1. The number of hydrogen-bond acceptors (Lipinski definition) is 1. The first-order valence-corrected chi connectivity index (χ1v) is 9.56. The van der Waals surface area contributed by atoms with Gasteiger partial charge in [-0.2, -0.15) is 0 Å². The lowest BCUT2D eigenvalue weighted by molar-refractivity contribution is 0.0697. The number of carbonyl (C=O) groups is 1. The summed E-state index contributed by atoms with van der Waals surface area (Å²) in [5.74, 6) is -0.925. The monoisotopic (exact) mass is 377 g/mol. The van der Waals surface area contributed by atoms with Crippen molar-refractivity contribution in [2.45, 2.75) is 6.92 Å². The van der Waals surface area contributed by atoms with Crippen molar-refractivity contribution in [3.05, 3.63) is 102 Å². The number of carboxylic acids is 1. The van der Waals surface area contributed by atoms with Crippen LogP contribution in [0.4, 0.5) is 0 Å². The summed E-state index contributed by atoms with van der Waals surface area (Å²) >= 11 is 0. The minimum atomic E-state index is -0.925. The van der Waals surface area contributed by atoms with Crippen LogP contribution in [-0.2, 0) is 0 Å². The van der Waals surface area contributed by atoms with E-state index in [4.69, 9.17) is 0 Å². The first-order valence-electron chi connectivity index (χ1n) is 9.56. The van der Waals surface area contributed by atoms with Crippen LogP contribution in [0, 0.1) is 6.92 Å². The van der Waals surface area contributed by atoms with Gasteiger partial charge in [0, 0.05) is 11.1 Å². The second-order valence-corrected chi connectivity index (χ2v) is 7.31. The fourth-order valence-electron chi connectivity index (χ4n) is 3.95. The third-order valence-corrected chi connectivity index (χ3v) is 5.41. The molecule has 0 saturated heterocycles. The maximum atomic E-state index is 11.5. The summed E-state index contributed by atoms with van der Waals surface area (Å²) in [7, 11) is 0. The average molecular weight is 377 g/mol. The van der Waals surface area contributed by atoms with Crippen LogP contribution in [0.25, 0.3) is 38.6 Å². The van der Waals surface area contributed by atoms with Crippen molar-refractivity contribution in [2.24, 2.45) is 0 Å². The molecule has 0 radical (unpaired) electrons. The minimum absolute atomic E-state index is 0.278.